The van der Waals surface area contributed by atoms with Crippen LogP contribution >= 0.6 is 11.3 Å². The van der Waals surface area contributed by atoms with Crippen molar-refractivity contribution in [3.63, 3.8) is 0 Å². The highest BCUT2D eigenvalue weighted by atomic mass is 32.1. The van der Waals surface area contributed by atoms with Crippen molar-refractivity contribution in [2.45, 2.75) is 96.9 Å². The van der Waals surface area contributed by atoms with Gasteiger partial charge in [0.25, 0.3) is 0 Å². The van der Waals surface area contributed by atoms with Gasteiger partial charge < -0.3 is 9.13 Å². The molecule has 518 valence electrons. The summed E-state index contributed by atoms with van der Waals surface area (Å²) in [7, 11) is 0. The van der Waals surface area contributed by atoms with E-state index in [0.717, 1.165) is 0 Å². The highest BCUT2D eigenvalue weighted by Gasteiger charge is 2.16. The number of thiophene rings is 1. The molecule has 0 unspecified atom stereocenters. The maximum atomic E-state index is 2.38. The Kier molecular flexibility index (Phi) is 21.8. The van der Waals surface area contributed by atoms with Crippen LogP contribution in [0.3, 0.4) is 0 Å². The molecule has 19 rings (SSSR count). The molecule has 0 bridgehead atoms. The van der Waals surface area contributed by atoms with Crippen LogP contribution in [-0.2, 0) is 0 Å². The van der Waals surface area contributed by atoms with E-state index in [1.54, 1.807) is 0 Å². The molecular weight excluding hydrogens is 1290 g/mol. The number of aromatic nitrogens is 2. The lowest BCUT2D eigenvalue weighted by atomic mass is 10.0. The Hall–Kier alpha value is -11.6. The van der Waals surface area contributed by atoms with Crippen molar-refractivity contribution in [2.24, 2.45) is 0 Å². The average Bonchev–Trinajstić information content (AvgIpc) is 1.59. The van der Waals surface area contributed by atoms with E-state index in [2.05, 4.69) is 422 Å². The number of hydrogen-bond acceptors (Lipinski definition) is 1. The van der Waals surface area contributed by atoms with Gasteiger partial charge in [-0.3, -0.25) is 0 Å². The number of fused-ring (bicyclic) bond motifs is 13. The number of aryl methyl sites for hydroxylation is 14. The number of hydrogen-bond donors (Lipinski definition) is 0. The topological polar surface area (TPSA) is 9.86 Å². The van der Waals surface area contributed by atoms with Crippen LogP contribution in [0.1, 0.15) is 77.9 Å². The Bertz CT molecular complexity index is 6150. The second-order valence-corrected chi connectivity index (χ2v) is 29.5. The van der Waals surface area contributed by atoms with Crippen LogP contribution in [0.2, 0.25) is 0 Å². The van der Waals surface area contributed by atoms with Crippen molar-refractivity contribution < 1.29 is 0 Å². The lowest BCUT2D eigenvalue weighted by Crippen LogP contribution is -1.94. The summed E-state index contributed by atoms with van der Waals surface area (Å²) in [6.07, 6.45) is 0. The zero-order valence-electron chi connectivity index (χ0n) is 63.3. The van der Waals surface area contributed by atoms with Crippen molar-refractivity contribution in [3.8, 4) is 11.4 Å². The van der Waals surface area contributed by atoms with Crippen LogP contribution < -0.4 is 0 Å². The van der Waals surface area contributed by atoms with Gasteiger partial charge in [-0.1, -0.05) is 283 Å². The Morgan fingerprint density at radius 1 is 0.200 bits per heavy atom. The fourth-order valence-corrected chi connectivity index (χ4v) is 16.0. The SMILES string of the molecule is Cc1cc2ccccc2cc1C.Cc1ccc(-n2c3ccccc3c3c(C)cccc32)cc1.Cc1ccc2cc(C)ccc2c1.Cc1ccc2sc3c(C)cccc3c2c1.Cc1cccc2c(C)cccc12.Cc1cccc2c1c1cccc(C)c1n2-c1ccccc1.Cc1cccc2cccc(C)c12. The summed E-state index contributed by atoms with van der Waals surface area (Å²) in [6.45, 7) is 30.2. The summed E-state index contributed by atoms with van der Waals surface area (Å²) < 4.78 is 7.56. The molecule has 0 atom stereocenters. The Morgan fingerprint density at radius 3 is 1.15 bits per heavy atom. The van der Waals surface area contributed by atoms with E-state index in [1.165, 1.54) is 196 Å². The van der Waals surface area contributed by atoms with Crippen molar-refractivity contribution in [3.05, 3.63) is 393 Å². The predicted molar refractivity (Wildman–Crippen MR) is 463 cm³/mol. The Morgan fingerprint density at radius 2 is 0.581 bits per heavy atom. The van der Waals surface area contributed by atoms with Gasteiger partial charge in [-0.15, -0.1) is 11.3 Å². The normalized spacial score (nSPS) is 11.0. The minimum absolute atomic E-state index is 1.22. The standard InChI is InChI=1S/2C20H17N.C14H12S.4C12H12/c1-14-10-12-16(13-11-14)21-18-8-4-3-7-17(18)20-15(2)6-5-9-19(20)21;1-14-8-7-13-18-19(14)17-12-6-9-15(2)20(17)21(18)16-10-4-3-5-11-16;1-9-6-7-13-12(8-9)11-5-3-4-10(2)14(11)15-13;1-9-3-5-12-8-10(2)4-6-11(12)7-9;1-9-5-3-8-12-10(2)6-4-7-11(9)12;1-9-5-3-7-11-8-4-6-10(2)12(9)11;1-9-7-11-5-3-4-6-12(11)8-10(9)2/h2*3-13H,1-2H3;3-8H,1-2H3;4*3-8H,1-2H3. The van der Waals surface area contributed by atoms with Crippen LogP contribution in [0.5, 0.6) is 0 Å². The van der Waals surface area contributed by atoms with Crippen LogP contribution in [0.25, 0.3) is 118 Å². The summed E-state index contributed by atoms with van der Waals surface area (Å²) in [6, 6.07) is 113. The number of rotatable bonds is 2. The fourth-order valence-electron chi connectivity index (χ4n) is 14.9. The molecule has 0 saturated heterocycles. The van der Waals surface area contributed by atoms with Gasteiger partial charge in [0.15, 0.2) is 0 Å². The van der Waals surface area contributed by atoms with Gasteiger partial charge in [0.1, 0.15) is 0 Å². The van der Waals surface area contributed by atoms with Crippen molar-refractivity contribution in [1.82, 2.24) is 9.13 Å². The summed E-state index contributed by atoms with van der Waals surface area (Å²) in [5.74, 6) is 0. The third-order valence-electron chi connectivity index (χ3n) is 20.5. The van der Waals surface area contributed by atoms with Gasteiger partial charge in [0, 0.05) is 53.1 Å². The third-order valence-corrected chi connectivity index (χ3v) is 21.8. The molecule has 3 heteroatoms. The maximum Gasteiger partial charge on any atom is 0.0570 e. The second kappa shape index (κ2) is 32.0. The van der Waals surface area contributed by atoms with Crippen LogP contribution in [0, 0.1) is 96.9 Å². The molecule has 0 aliphatic heterocycles. The molecule has 0 aliphatic carbocycles. The van der Waals surface area contributed by atoms with Gasteiger partial charge >= 0.3 is 0 Å². The van der Waals surface area contributed by atoms with E-state index in [9.17, 15) is 0 Å². The zero-order chi connectivity index (χ0) is 73.4. The largest absolute Gasteiger partial charge is 0.309 e. The Labute approximate surface area is 624 Å². The summed E-state index contributed by atoms with van der Waals surface area (Å²) in [5.41, 5.74) is 26.4. The van der Waals surface area contributed by atoms with Crippen LogP contribution in [0.15, 0.2) is 315 Å². The molecule has 2 nitrogen and oxygen atoms in total. The van der Waals surface area contributed by atoms with Crippen molar-refractivity contribution in [1.29, 1.82) is 0 Å². The molecule has 105 heavy (non-hydrogen) atoms. The highest BCUT2D eigenvalue weighted by molar-refractivity contribution is 7.26. The highest BCUT2D eigenvalue weighted by Crippen LogP contribution is 2.39. The lowest BCUT2D eigenvalue weighted by Gasteiger charge is -2.09. The molecule has 19 aromatic rings. The van der Waals surface area contributed by atoms with Crippen molar-refractivity contribution >= 4 is 118 Å². The molecule has 3 heterocycles. The zero-order valence-corrected chi connectivity index (χ0v) is 64.1. The first-order valence-electron chi connectivity index (χ1n) is 36.7. The van der Waals surface area contributed by atoms with E-state index >= 15 is 0 Å². The number of benzene rings is 16. The number of nitrogens with zero attached hydrogens (tertiary/aromatic N) is 2. The quantitative estimate of drug-likeness (QED) is 0.163. The maximum absolute atomic E-state index is 2.38. The molecule has 0 saturated carbocycles. The average molecular weight is 1380 g/mol. The van der Waals surface area contributed by atoms with E-state index in [0.29, 0.717) is 0 Å². The van der Waals surface area contributed by atoms with Crippen LogP contribution in [-0.4, -0.2) is 9.13 Å². The summed E-state index contributed by atoms with van der Waals surface area (Å²) in [5, 5.41) is 19.0. The molecule has 0 N–H and O–H groups in total. The van der Waals surface area contributed by atoms with Gasteiger partial charge in [-0.2, -0.15) is 0 Å². The molecular formula is C102H94N2S. The molecule has 0 aliphatic rings. The first kappa shape index (κ1) is 71.8. The molecule has 0 amide bonds. The van der Waals surface area contributed by atoms with Gasteiger partial charge in [0.05, 0.1) is 22.1 Å². The first-order valence-corrected chi connectivity index (χ1v) is 37.5. The smallest absolute Gasteiger partial charge is 0.0570 e. The van der Waals surface area contributed by atoms with Gasteiger partial charge in [-0.05, 0) is 250 Å². The first-order chi connectivity index (χ1) is 50.9. The molecule has 0 radical (unpaired) electrons. The molecule has 0 fully saturated rings. The molecule has 3 aromatic heterocycles. The lowest BCUT2D eigenvalue weighted by molar-refractivity contribution is 1.17. The summed E-state index contributed by atoms with van der Waals surface area (Å²) in [4.78, 5) is 0. The van der Waals surface area contributed by atoms with E-state index in [1.807, 2.05) is 11.3 Å². The third kappa shape index (κ3) is 15.7. The van der Waals surface area contributed by atoms with E-state index < -0.39 is 0 Å². The monoisotopic (exact) mass is 1380 g/mol. The van der Waals surface area contributed by atoms with E-state index in [4.69, 9.17) is 0 Å². The molecule has 0 spiro atoms. The number of para-hydroxylation sites is 3. The van der Waals surface area contributed by atoms with Crippen molar-refractivity contribution in [2.75, 3.05) is 0 Å². The van der Waals surface area contributed by atoms with Gasteiger partial charge in [-0.25, -0.2) is 0 Å². The summed E-state index contributed by atoms with van der Waals surface area (Å²) >= 11 is 1.90. The van der Waals surface area contributed by atoms with E-state index in [-0.39, 0.29) is 0 Å². The minimum atomic E-state index is 1.22. The predicted octanol–water partition coefficient (Wildman–Crippen LogP) is 29.3. The van der Waals surface area contributed by atoms with Crippen LogP contribution in [0.4, 0.5) is 0 Å². The fraction of sp³-hybridized carbons (Fsp3) is 0.137. The van der Waals surface area contributed by atoms with Gasteiger partial charge in [0.2, 0.25) is 0 Å². The Balaban J connectivity index is 0.000000110. The second-order valence-electron chi connectivity index (χ2n) is 28.5. The minimum Gasteiger partial charge on any atom is -0.309 e. The molecule has 16 aromatic carbocycles.